The van der Waals surface area contributed by atoms with E-state index in [0.29, 0.717) is 24.3 Å². The fraction of sp³-hybridized carbons (Fsp3) is 0.444. The Balaban J connectivity index is 1.31. The number of para-hydroxylation sites is 1. The van der Waals surface area contributed by atoms with Crippen molar-refractivity contribution in [3.63, 3.8) is 0 Å². The number of benzene rings is 2. The molecule has 8 nitrogen and oxygen atoms in total. The maximum absolute atomic E-state index is 13.0. The van der Waals surface area contributed by atoms with Crippen molar-refractivity contribution in [2.24, 2.45) is 5.92 Å². The van der Waals surface area contributed by atoms with E-state index >= 15 is 0 Å². The van der Waals surface area contributed by atoms with Crippen molar-refractivity contribution in [3.8, 4) is 0 Å². The second kappa shape index (κ2) is 12.0. The number of carbonyl (C=O) groups is 3. The van der Waals surface area contributed by atoms with Crippen LogP contribution in [0.15, 0.2) is 48.5 Å². The Hall–Kier alpha value is -3.23. The van der Waals surface area contributed by atoms with Gasteiger partial charge in [0, 0.05) is 38.3 Å². The zero-order chi connectivity index (χ0) is 24.6. The minimum absolute atomic E-state index is 0.0688. The Bertz CT molecular complexity index is 1030. The van der Waals surface area contributed by atoms with Crippen LogP contribution in [-0.2, 0) is 20.7 Å². The van der Waals surface area contributed by atoms with Crippen LogP contribution < -0.4 is 15.5 Å². The van der Waals surface area contributed by atoms with Crippen LogP contribution in [0, 0.1) is 5.92 Å². The van der Waals surface area contributed by atoms with Gasteiger partial charge in [0.15, 0.2) is 0 Å². The number of amides is 3. The lowest BCUT2D eigenvalue weighted by atomic mass is 10.1. The van der Waals surface area contributed by atoms with Gasteiger partial charge in [-0.25, -0.2) is 0 Å². The molecule has 0 spiro atoms. The van der Waals surface area contributed by atoms with Gasteiger partial charge in [-0.3, -0.25) is 19.3 Å². The Morgan fingerprint density at radius 2 is 1.80 bits per heavy atom. The Morgan fingerprint density at radius 1 is 1.06 bits per heavy atom. The number of rotatable bonds is 9. The van der Waals surface area contributed by atoms with Crippen LogP contribution in [0.3, 0.4) is 0 Å². The average Bonchev–Trinajstić information content (AvgIpc) is 3.29. The molecule has 0 unspecified atom stereocenters. The smallest absolute Gasteiger partial charge is 0.253 e. The molecule has 2 aliphatic rings. The number of aryl methyl sites for hydroxylation is 1. The molecule has 2 heterocycles. The number of hydrogen-bond acceptors (Lipinski definition) is 5. The number of nitrogens with one attached hydrogen (secondary N) is 2. The Kier molecular flexibility index (Phi) is 8.50. The van der Waals surface area contributed by atoms with Crippen LogP contribution in [0.5, 0.6) is 0 Å². The maximum atomic E-state index is 13.0. The van der Waals surface area contributed by atoms with Crippen LogP contribution in [0.4, 0.5) is 11.4 Å². The first-order chi connectivity index (χ1) is 17.0. The summed E-state index contributed by atoms with van der Waals surface area (Å²) in [4.78, 5) is 42.4. The molecule has 2 saturated heterocycles. The largest absolute Gasteiger partial charge is 0.379 e. The summed E-state index contributed by atoms with van der Waals surface area (Å²) in [5, 5.41) is 5.84. The van der Waals surface area contributed by atoms with Gasteiger partial charge in [-0.1, -0.05) is 31.2 Å². The van der Waals surface area contributed by atoms with Crippen LogP contribution in [0.25, 0.3) is 0 Å². The summed E-state index contributed by atoms with van der Waals surface area (Å²) in [7, 11) is 0. The van der Waals surface area contributed by atoms with Crippen molar-refractivity contribution >= 4 is 29.1 Å². The van der Waals surface area contributed by atoms with E-state index in [0.717, 1.165) is 51.4 Å². The monoisotopic (exact) mass is 478 g/mol. The first kappa shape index (κ1) is 24.9. The van der Waals surface area contributed by atoms with Gasteiger partial charge in [0.25, 0.3) is 5.91 Å². The lowest BCUT2D eigenvalue weighted by Crippen LogP contribution is -2.38. The summed E-state index contributed by atoms with van der Waals surface area (Å²) in [6, 6.07) is 14.8. The minimum atomic E-state index is -0.474. The number of carbonyl (C=O) groups excluding carboxylic acids is 3. The molecule has 8 heteroatoms. The topological polar surface area (TPSA) is 91.0 Å². The third-order valence-corrected chi connectivity index (χ3v) is 6.62. The van der Waals surface area contributed by atoms with Gasteiger partial charge in [-0.2, -0.15) is 0 Å². The normalized spacial score (nSPS) is 18.5. The van der Waals surface area contributed by atoms with Crippen molar-refractivity contribution in [3.05, 3.63) is 59.7 Å². The third-order valence-electron chi connectivity index (χ3n) is 6.62. The molecule has 2 aromatic rings. The Morgan fingerprint density at radius 3 is 2.54 bits per heavy atom. The van der Waals surface area contributed by atoms with Crippen molar-refractivity contribution in [1.29, 1.82) is 0 Å². The highest BCUT2D eigenvalue weighted by Crippen LogP contribution is 2.27. The molecule has 3 amide bonds. The first-order valence-electron chi connectivity index (χ1n) is 12.4. The van der Waals surface area contributed by atoms with E-state index in [-0.39, 0.29) is 24.1 Å². The summed E-state index contributed by atoms with van der Waals surface area (Å²) in [6.45, 7) is 7.24. The minimum Gasteiger partial charge on any atom is -0.379 e. The lowest BCUT2D eigenvalue weighted by molar-refractivity contribution is -0.122. The molecule has 4 rings (SSSR count). The molecular weight excluding hydrogens is 444 g/mol. The van der Waals surface area contributed by atoms with Crippen LogP contribution in [0.2, 0.25) is 0 Å². The van der Waals surface area contributed by atoms with Gasteiger partial charge in [0.1, 0.15) is 0 Å². The van der Waals surface area contributed by atoms with Crippen LogP contribution in [0.1, 0.15) is 35.7 Å². The van der Waals surface area contributed by atoms with E-state index in [1.54, 1.807) is 29.2 Å². The highest BCUT2D eigenvalue weighted by atomic mass is 16.5. The van der Waals surface area contributed by atoms with Crippen molar-refractivity contribution in [1.82, 2.24) is 10.2 Å². The molecule has 35 heavy (non-hydrogen) atoms. The van der Waals surface area contributed by atoms with E-state index < -0.39 is 5.92 Å². The SMILES string of the molecule is CCc1ccc(N2C[C@@H](C(=O)Nc3ccccc3C(=O)NCCCN3CCOCC3)CC2=O)cc1. The summed E-state index contributed by atoms with van der Waals surface area (Å²) >= 11 is 0. The quantitative estimate of drug-likeness (QED) is 0.541. The summed E-state index contributed by atoms with van der Waals surface area (Å²) < 4.78 is 5.36. The number of anilines is 2. The molecule has 0 radical (unpaired) electrons. The molecule has 2 aromatic carbocycles. The number of ether oxygens (including phenoxy) is 1. The maximum Gasteiger partial charge on any atom is 0.253 e. The zero-order valence-corrected chi connectivity index (χ0v) is 20.3. The molecule has 0 saturated carbocycles. The average molecular weight is 479 g/mol. The van der Waals surface area contributed by atoms with Crippen LogP contribution in [-0.4, -0.2) is 68.6 Å². The van der Waals surface area contributed by atoms with E-state index in [9.17, 15) is 14.4 Å². The first-order valence-corrected chi connectivity index (χ1v) is 12.4. The van der Waals surface area contributed by atoms with Gasteiger partial charge in [-0.05, 0) is 49.2 Å². The second-order valence-corrected chi connectivity index (χ2v) is 9.02. The fourth-order valence-electron chi connectivity index (χ4n) is 4.49. The van der Waals surface area contributed by atoms with E-state index in [1.165, 1.54) is 5.56 Å². The molecule has 2 fully saturated rings. The molecule has 0 bridgehead atoms. The van der Waals surface area contributed by atoms with Crippen molar-refractivity contribution in [2.75, 3.05) is 56.2 Å². The number of hydrogen-bond donors (Lipinski definition) is 2. The van der Waals surface area contributed by atoms with Gasteiger partial charge in [0.2, 0.25) is 11.8 Å². The zero-order valence-electron chi connectivity index (χ0n) is 20.3. The van der Waals surface area contributed by atoms with Gasteiger partial charge < -0.3 is 20.3 Å². The summed E-state index contributed by atoms with van der Waals surface area (Å²) in [5.41, 5.74) is 2.88. The van der Waals surface area contributed by atoms with Crippen LogP contribution >= 0.6 is 0 Å². The molecule has 2 aliphatic heterocycles. The van der Waals surface area contributed by atoms with Gasteiger partial charge in [0.05, 0.1) is 30.4 Å². The second-order valence-electron chi connectivity index (χ2n) is 9.02. The summed E-state index contributed by atoms with van der Waals surface area (Å²) in [6.07, 6.45) is 1.93. The fourth-order valence-corrected chi connectivity index (χ4v) is 4.49. The molecule has 0 aliphatic carbocycles. The van der Waals surface area contributed by atoms with E-state index in [2.05, 4.69) is 22.5 Å². The molecule has 2 N–H and O–H groups in total. The van der Waals surface area contributed by atoms with Gasteiger partial charge in [-0.15, -0.1) is 0 Å². The number of morpholine rings is 1. The van der Waals surface area contributed by atoms with E-state index in [4.69, 9.17) is 4.74 Å². The molecule has 0 aromatic heterocycles. The van der Waals surface area contributed by atoms with Gasteiger partial charge >= 0.3 is 0 Å². The molecule has 1 atom stereocenters. The van der Waals surface area contributed by atoms with Crippen molar-refractivity contribution in [2.45, 2.75) is 26.2 Å². The molecular formula is C27H34N4O4. The standard InChI is InChI=1S/C27H34N4O4/c1-2-20-8-10-22(11-9-20)31-19-21(18-25(31)32)26(33)29-24-7-4-3-6-23(24)27(34)28-12-5-13-30-14-16-35-17-15-30/h3-4,6-11,21H,2,5,12-19H2,1H3,(H,28,34)(H,29,33)/t21-/m0/s1. The predicted molar refractivity (Wildman–Crippen MR) is 136 cm³/mol. The Labute approximate surface area is 206 Å². The number of nitrogens with zero attached hydrogens (tertiary/aromatic N) is 2. The highest BCUT2D eigenvalue weighted by molar-refractivity contribution is 6.07. The highest BCUT2D eigenvalue weighted by Gasteiger charge is 2.35. The molecule has 186 valence electrons. The summed E-state index contributed by atoms with van der Waals surface area (Å²) in [5.74, 6) is -1.01. The predicted octanol–water partition coefficient (Wildman–Crippen LogP) is 2.69. The lowest BCUT2D eigenvalue weighted by Gasteiger charge is -2.26. The van der Waals surface area contributed by atoms with Crippen molar-refractivity contribution < 1.29 is 19.1 Å². The third kappa shape index (κ3) is 6.46. The van der Waals surface area contributed by atoms with E-state index in [1.807, 2.05) is 24.3 Å².